The van der Waals surface area contributed by atoms with Gasteiger partial charge in [0.05, 0.1) is 28.3 Å². The van der Waals surface area contributed by atoms with Crippen molar-refractivity contribution < 1.29 is 9.18 Å². The fraction of sp³-hybridized carbons (Fsp3) is 0.261. The van der Waals surface area contributed by atoms with Crippen molar-refractivity contribution in [3.05, 3.63) is 60.3 Å². The zero-order chi connectivity index (χ0) is 23.2. The molecular weight excluding hydrogens is 441 g/mol. The van der Waals surface area contributed by atoms with Crippen molar-refractivity contribution in [2.75, 3.05) is 18.4 Å². The highest BCUT2D eigenvalue weighted by Gasteiger charge is 2.15. The van der Waals surface area contributed by atoms with Gasteiger partial charge in [0.2, 0.25) is 0 Å². The van der Waals surface area contributed by atoms with Gasteiger partial charge in [-0.1, -0.05) is 17.9 Å². The van der Waals surface area contributed by atoms with Crippen LogP contribution in [0.1, 0.15) is 31.2 Å². The Morgan fingerprint density at radius 1 is 1.36 bits per heavy atom. The van der Waals surface area contributed by atoms with E-state index in [1.54, 1.807) is 30.9 Å². The molecule has 4 heterocycles. The predicted molar refractivity (Wildman–Crippen MR) is 129 cm³/mol. The van der Waals surface area contributed by atoms with Crippen molar-refractivity contribution in [1.29, 1.82) is 0 Å². The molecule has 2 N–H and O–H groups in total. The maximum absolute atomic E-state index is 14.0. The van der Waals surface area contributed by atoms with Crippen molar-refractivity contribution in [2.45, 2.75) is 26.3 Å². The summed E-state index contributed by atoms with van der Waals surface area (Å²) in [6, 6.07) is 2.93. The summed E-state index contributed by atoms with van der Waals surface area (Å²) in [5.41, 5.74) is 3.32. The summed E-state index contributed by atoms with van der Waals surface area (Å²) in [7, 11) is 0. The molecule has 0 fully saturated rings. The van der Waals surface area contributed by atoms with Crippen molar-refractivity contribution in [2.24, 2.45) is 4.99 Å². The highest BCUT2D eigenvalue weighted by atomic mass is 32.1. The average molecular weight is 466 g/mol. The number of aromatic nitrogens is 4. The van der Waals surface area contributed by atoms with E-state index in [1.807, 2.05) is 17.6 Å². The van der Waals surface area contributed by atoms with Gasteiger partial charge in [0, 0.05) is 37.7 Å². The molecule has 0 aromatic carbocycles. The lowest BCUT2D eigenvalue weighted by molar-refractivity contribution is -0.114. The van der Waals surface area contributed by atoms with Crippen LogP contribution < -0.4 is 10.6 Å². The Morgan fingerprint density at radius 3 is 3.00 bits per heavy atom. The van der Waals surface area contributed by atoms with Gasteiger partial charge in [-0.15, -0.1) is 0 Å². The number of amides is 1. The molecule has 33 heavy (non-hydrogen) atoms. The Morgan fingerprint density at radius 2 is 2.24 bits per heavy atom. The van der Waals surface area contributed by atoms with Crippen molar-refractivity contribution in [3.8, 4) is 10.6 Å². The van der Waals surface area contributed by atoms with E-state index in [0.717, 1.165) is 36.5 Å². The molecule has 1 aliphatic heterocycles. The summed E-state index contributed by atoms with van der Waals surface area (Å²) in [4.78, 5) is 29.8. The number of thiazole rings is 1. The van der Waals surface area contributed by atoms with E-state index in [1.165, 1.54) is 17.4 Å². The quantitative estimate of drug-likeness (QED) is 0.498. The maximum Gasteiger partial charge on any atom is 0.265 e. The van der Waals surface area contributed by atoms with Crippen LogP contribution in [0.15, 0.2) is 48.1 Å². The second-order valence-corrected chi connectivity index (χ2v) is 8.45. The van der Waals surface area contributed by atoms with Crippen molar-refractivity contribution >= 4 is 40.2 Å². The van der Waals surface area contributed by atoms with Crippen LogP contribution in [-0.4, -0.2) is 44.2 Å². The third kappa shape index (κ3) is 5.40. The van der Waals surface area contributed by atoms with Crippen LogP contribution in [-0.2, 0) is 11.3 Å². The first kappa shape index (κ1) is 22.5. The second-order valence-electron chi connectivity index (χ2n) is 7.42. The van der Waals surface area contributed by atoms with Crippen LogP contribution >= 0.6 is 11.3 Å². The fourth-order valence-corrected chi connectivity index (χ4v) is 4.31. The number of rotatable bonds is 9. The molecule has 0 saturated carbocycles. The Balaban J connectivity index is 1.43. The molecular formula is C23H24FN7OS. The van der Waals surface area contributed by atoms with Gasteiger partial charge in [-0.3, -0.25) is 14.8 Å². The number of aliphatic imine (C=N–C) groups is 1. The molecule has 0 unspecified atom stereocenters. The molecule has 0 aliphatic carbocycles. The number of anilines is 1. The van der Waals surface area contributed by atoms with E-state index in [0.29, 0.717) is 28.8 Å². The normalized spacial score (nSPS) is 13.6. The maximum atomic E-state index is 14.0. The van der Waals surface area contributed by atoms with Crippen LogP contribution in [0.3, 0.4) is 0 Å². The van der Waals surface area contributed by atoms with Gasteiger partial charge in [-0.05, 0) is 44.1 Å². The molecule has 10 heteroatoms. The largest absolute Gasteiger partial charge is 0.349 e. The fourth-order valence-electron chi connectivity index (χ4n) is 3.43. The lowest BCUT2D eigenvalue weighted by atomic mass is 10.2. The van der Waals surface area contributed by atoms with Crippen LogP contribution in [0.5, 0.6) is 0 Å². The molecule has 3 aromatic heterocycles. The lowest BCUT2D eigenvalue weighted by Crippen LogP contribution is -2.32. The van der Waals surface area contributed by atoms with Crippen molar-refractivity contribution in [1.82, 2.24) is 24.8 Å². The molecule has 0 spiro atoms. The Bertz CT molecular complexity index is 1230. The second kappa shape index (κ2) is 10.3. The number of hydrogen-bond acceptors (Lipinski definition) is 7. The van der Waals surface area contributed by atoms with E-state index >= 15 is 0 Å². The highest BCUT2D eigenvalue weighted by molar-refractivity contribution is 7.18. The summed E-state index contributed by atoms with van der Waals surface area (Å²) in [5.74, 6) is -0.484. The summed E-state index contributed by atoms with van der Waals surface area (Å²) in [6.45, 7) is 7.49. The number of nitrogens with zero attached hydrogens (tertiary/aromatic N) is 5. The number of allylic oxidation sites excluding steroid dienone is 1. The van der Waals surface area contributed by atoms with E-state index in [2.05, 4.69) is 37.2 Å². The Hall–Kier alpha value is -3.66. The SMILES string of the molecule is C=Cc1ncn(CCNC(=O)C2=NCCC2)c1/C=C(\C)Nc1ncc(-c2ncccc2F)s1. The average Bonchev–Trinajstić information content (AvgIpc) is 3.56. The van der Waals surface area contributed by atoms with Gasteiger partial charge in [0.1, 0.15) is 11.5 Å². The molecule has 3 aromatic rings. The number of hydrogen-bond donors (Lipinski definition) is 2. The number of nitrogens with one attached hydrogen (secondary N) is 2. The van der Waals surface area contributed by atoms with Gasteiger partial charge in [0.15, 0.2) is 5.13 Å². The minimum absolute atomic E-state index is 0.101. The summed E-state index contributed by atoms with van der Waals surface area (Å²) in [6.07, 6.45) is 10.2. The smallest absolute Gasteiger partial charge is 0.265 e. The Labute approximate surface area is 195 Å². The number of carbonyl (C=O) groups excluding carboxylic acids is 1. The lowest BCUT2D eigenvalue weighted by Gasteiger charge is -2.09. The number of halogens is 1. The summed E-state index contributed by atoms with van der Waals surface area (Å²) in [5, 5.41) is 6.78. The van der Waals surface area contributed by atoms with Gasteiger partial charge in [-0.2, -0.15) is 0 Å². The van der Waals surface area contributed by atoms with E-state index in [-0.39, 0.29) is 17.4 Å². The first-order valence-electron chi connectivity index (χ1n) is 10.6. The number of imidazole rings is 1. The standard InChI is InChI=1S/C23H24FN7OS/c1-3-17-19(31(14-29-17)11-10-27-22(32)18-7-5-8-25-18)12-15(2)30-23-28-13-20(33-23)21-16(24)6-4-9-26-21/h3-4,6,9,12-14H,1,5,7-8,10-11H2,2H3,(H,27,32)(H,28,30)/b15-12+. The van der Waals surface area contributed by atoms with E-state index in [9.17, 15) is 9.18 Å². The van der Waals surface area contributed by atoms with Gasteiger partial charge < -0.3 is 15.2 Å². The van der Waals surface area contributed by atoms with E-state index in [4.69, 9.17) is 0 Å². The van der Waals surface area contributed by atoms with Crippen molar-refractivity contribution in [3.63, 3.8) is 0 Å². The molecule has 1 amide bonds. The highest BCUT2D eigenvalue weighted by Crippen LogP contribution is 2.30. The topological polar surface area (TPSA) is 97.1 Å². The Kier molecular flexibility index (Phi) is 7.04. The third-order valence-electron chi connectivity index (χ3n) is 5.03. The molecule has 1 aliphatic rings. The molecule has 0 radical (unpaired) electrons. The zero-order valence-corrected chi connectivity index (χ0v) is 19.0. The van der Waals surface area contributed by atoms with Crippen LogP contribution in [0.4, 0.5) is 9.52 Å². The first-order valence-corrected chi connectivity index (χ1v) is 11.4. The van der Waals surface area contributed by atoms with Crippen LogP contribution in [0.25, 0.3) is 22.7 Å². The molecule has 0 bridgehead atoms. The zero-order valence-electron chi connectivity index (χ0n) is 18.2. The molecule has 4 rings (SSSR count). The predicted octanol–water partition coefficient (Wildman–Crippen LogP) is 4.01. The molecule has 170 valence electrons. The van der Waals surface area contributed by atoms with Crippen LogP contribution in [0, 0.1) is 5.82 Å². The number of pyridine rings is 1. The molecule has 0 atom stereocenters. The minimum atomic E-state index is -0.383. The van der Waals surface area contributed by atoms with Gasteiger partial charge in [0.25, 0.3) is 5.91 Å². The van der Waals surface area contributed by atoms with Crippen LogP contribution in [0.2, 0.25) is 0 Å². The molecule has 8 nitrogen and oxygen atoms in total. The monoisotopic (exact) mass is 465 g/mol. The summed E-state index contributed by atoms with van der Waals surface area (Å²) >= 11 is 1.32. The third-order valence-corrected chi connectivity index (χ3v) is 5.95. The number of carbonyl (C=O) groups is 1. The summed E-state index contributed by atoms with van der Waals surface area (Å²) < 4.78 is 16.0. The minimum Gasteiger partial charge on any atom is -0.349 e. The van der Waals surface area contributed by atoms with Gasteiger partial charge in [-0.25, -0.2) is 14.4 Å². The molecule has 0 saturated heterocycles. The van der Waals surface area contributed by atoms with Gasteiger partial charge >= 0.3 is 0 Å². The first-order chi connectivity index (χ1) is 16.0. The van der Waals surface area contributed by atoms with E-state index < -0.39 is 0 Å².